The van der Waals surface area contributed by atoms with Crippen molar-refractivity contribution >= 4 is 23.6 Å². The van der Waals surface area contributed by atoms with Crippen molar-refractivity contribution in [1.29, 1.82) is 0 Å². The van der Waals surface area contributed by atoms with Crippen LogP contribution < -0.4 is 5.32 Å². The zero-order chi connectivity index (χ0) is 25.9. The zero-order valence-corrected chi connectivity index (χ0v) is 21.4. The molecular weight excluding hydrogens is 478 g/mol. The SMILES string of the molecule is CC(C)CNC(=O)[C@@H](Cc1ccccc1)N(Cc1ccc(F)cc1)C(=O)CSCc1ccccc1F. The molecule has 0 saturated heterocycles. The molecule has 0 saturated carbocycles. The largest absolute Gasteiger partial charge is 0.354 e. The van der Waals surface area contributed by atoms with E-state index in [4.69, 9.17) is 0 Å². The van der Waals surface area contributed by atoms with Gasteiger partial charge in [0.15, 0.2) is 0 Å². The molecule has 1 N–H and O–H groups in total. The molecule has 0 radical (unpaired) electrons. The number of rotatable bonds is 12. The second kappa shape index (κ2) is 13.8. The third-order valence-corrected chi connectivity index (χ3v) is 6.63. The van der Waals surface area contributed by atoms with Crippen LogP contribution in [0.1, 0.15) is 30.5 Å². The summed E-state index contributed by atoms with van der Waals surface area (Å²) in [7, 11) is 0. The van der Waals surface area contributed by atoms with Crippen LogP contribution in [0.25, 0.3) is 0 Å². The molecule has 7 heteroatoms. The number of nitrogens with one attached hydrogen (secondary N) is 1. The van der Waals surface area contributed by atoms with Gasteiger partial charge in [-0.2, -0.15) is 0 Å². The highest BCUT2D eigenvalue weighted by atomic mass is 32.2. The second-order valence-electron chi connectivity index (χ2n) is 9.08. The Morgan fingerprint density at radius 3 is 2.22 bits per heavy atom. The second-order valence-corrected chi connectivity index (χ2v) is 10.1. The van der Waals surface area contributed by atoms with Gasteiger partial charge in [-0.25, -0.2) is 8.78 Å². The number of amides is 2. The molecule has 0 heterocycles. The lowest BCUT2D eigenvalue weighted by molar-refractivity contribution is -0.139. The third-order valence-electron chi connectivity index (χ3n) is 5.66. The van der Waals surface area contributed by atoms with E-state index in [1.54, 1.807) is 35.2 Å². The first-order valence-corrected chi connectivity index (χ1v) is 13.2. The lowest BCUT2D eigenvalue weighted by atomic mass is 10.0. The molecule has 0 unspecified atom stereocenters. The Labute approximate surface area is 216 Å². The summed E-state index contributed by atoms with van der Waals surface area (Å²) in [6.45, 7) is 4.66. The molecule has 2 amide bonds. The summed E-state index contributed by atoms with van der Waals surface area (Å²) in [6, 6.07) is 21.2. The van der Waals surface area contributed by atoms with E-state index in [0.29, 0.717) is 24.3 Å². The Kier molecular flexibility index (Phi) is 10.5. The van der Waals surface area contributed by atoms with Crippen LogP contribution in [0.4, 0.5) is 8.78 Å². The van der Waals surface area contributed by atoms with Crippen molar-refractivity contribution in [2.24, 2.45) is 5.92 Å². The number of halogens is 2. The summed E-state index contributed by atoms with van der Waals surface area (Å²) in [5.74, 6) is -0.472. The number of thioether (sulfide) groups is 1. The van der Waals surface area contributed by atoms with Crippen LogP contribution in [-0.2, 0) is 28.3 Å². The maximum absolute atomic E-state index is 14.0. The number of hydrogen-bond acceptors (Lipinski definition) is 3. The number of carbonyl (C=O) groups excluding carboxylic acids is 2. The Hall–Kier alpha value is -3.19. The molecule has 3 rings (SSSR count). The molecule has 0 aromatic heterocycles. The fraction of sp³-hybridized carbons (Fsp3) is 0.310. The van der Waals surface area contributed by atoms with E-state index >= 15 is 0 Å². The van der Waals surface area contributed by atoms with Gasteiger partial charge in [-0.1, -0.05) is 74.5 Å². The molecule has 0 aliphatic heterocycles. The van der Waals surface area contributed by atoms with E-state index in [1.807, 2.05) is 44.2 Å². The van der Waals surface area contributed by atoms with Crippen molar-refractivity contribution in [3.8, 4) is 0 Å². The van der Waals surface area contributed by atoms with Crippen molar-refractivity contribution < 1.29 is 18.4 Å². The van der Waals surface area contributed by atoms with E-state index < -0.39 is 6.04 Å². The maximum atomic E-state index is 14.0. The average Bonchev–Trinajstić information content (AvgIpc) is 2.87. The average molecular weight is 511 g/mol. The molecule has 0 aliphatic carbocycles. The Balaban J connectivity index is 1.84. The van der Waals surface area contributed by atoms with Crippen molar-refractivity contribution in [2.45, 2.75) is 38.6 Å². The van der Waals surface area contributed by atoms with Crippen molar-refractivity contribution in [3.63, 3.8) is 0 Å². The van der Waals surface area contributed by atoms with Crippen LogP contribution in [0.2, 0.25) is 0 Å². The summed E-state index contributed by atoms with van der Waals surface area (Å²) in [6.07, 6.45) is 0.343. The number of benzene rings is 3. The molecular formula is C29H32F2N2O2S. The Morgan fingerprint density at radius 1 is 0.889 bits per heavy atom. The normalized spacial score (nSPS) is 11.8. The summed E-state index contributed by atoms with van der Waals surface area (Å²) in [4.78, 5) is 28.4. The summed E-state index contributed by atoms with van der Waals surface area (Å²) in [5, 5.41) is 2.97. The fourth-order valence-electron chi connectivity index (χ4n) is 3.71. The minimum atomic E-state index is -0.752. The van der Waals surface area contributed by atoms with Gasteiger partial charge in [-0.05, 0) is 40.8 Å². The molecule has 4 nitrogen and oxygen atoms in total. The topological polar surface area (TPSA) is 49.4 Å². The molecule has 0 bridgehead atoms. The quantitative estimate of drug-likeness (QED) is 0.345. The van der Waals surface area contributed by atoms with Crippen LogP contribution in [0.5, 0.6) is 0 Å². The predicted molar refractivity (Wildman–Crippen MR) is 141 cm³/mol. The van der Waals surface area contributed by atoms with Crippen LogP contribution >= 0.6 is 11.8 Å². The van der Waals surface area contributed by atoms with Crippen LogP contribution in [0.3, 0.4) is 0 Å². The number of nitrogens with zero attached hydrogens (tertiary/aromatic N) is 1. The molecule has 3 aromatic rings. The van der Waals surface area contributed by atoms with E-state index in [2.05, 4.69) is 5.32 Å². The molecule has 36 heavy (non-hydrogen) atoms. The van der Waals surface area contributed by atoms with Gasteiger partial charge < -0.3 is 10.2 Å². The smallest absolute Gasteiger partial charge is 0.243 e. The third kappa shape index (κ3) is 8.48. The Morgan fingerprint density at radius 2 is 1.56 bits per heavy atom. The van der Waals surface area contributed by atoms with Gasteiger partial charge >= 0.3 is 0 Å². The van der Waals surface area contributed by atoms with Crippen molar-refractivity contribution in [2.75, 3.05) is 12.3 Å². The van der Waals surface area contributed by atoms with Gasteiger partial charge in [0, 0.05) is 25.3 Å². The van der Waals surface area contributed by atoms with E-state index in [0.717, 1.165) is 11.1 Å². The number of hydrogen-bond donors (Lipinski definition) is 1. The van der Waals surface area contributed by atoms with Gasteiger partial charge in [0.05, 0.1) is 5.75 Å². The van der Waals surface area contributed by atoms with Crippen LogP contribution in [0, 0.1) is 17.6 Å². The highest BCUT2D eigenvalue weighted by Crippen LogP contribution is 2.20. The number of carbonyl (C=O) groups is 2. The van der Waals surface area contributed by atoms with Gasteiger partial charge in [-0.15, -0.1) is 11.8 Å². The molecule has 0 spiro atoms. The van der Waals surface area contributed by atoms with Gasteiger partial charge in [0.2, 0.25) is 11.8 Å². The standard InChI is InChI=1S/C29H32F2N2O2S/c1-21(2)17-32-29(35)27(16-22-8-4-3-5-9-22)33(18-23-12-14-25(30)15-13-23)28(34)20-36-19-24-10-6-7-11-26(24)31/h3-15,21,27H,16-20H2,1-2H3,(H,32,35)/t27-/m1/s1. The highest BCUT2D eigenvalue weighted by Gasteiger charge is 2.30. The first kappa shape index (κ1) is 27.4. The summed E-state index contributed by atoms with van der Waals surface area (Å²) in [5.41, 5.74) is 2.17. The van der Waals surface area contributed by atoms with Crippen LogP contribution in [-0.4, -0.2) is 35.1 Å². The lowest BCUT2D eigenvalue weighted by Crippen LogP contribution is -2.51. The highest BCUT2D eigenvalue weighted by molar-refractivity contribution is 7.99. The molecule has 1 atom stereocenters. The zero-order valence-electron chi connectivity index (χ0n) is 20.6. The van der Waals surface area contributed by atoms with E-state index in [1.165, 1.54) is 30.0 Å². The first-order chi connectivity index (χ1) is 17.3. The first-order valence-electron chi connectivity index (χ1n) is 12.0. The summed E-state index contributed by atoms with van der Waals surface area (Å²) < 4.78 is 27.5. The lowest BCUT2D eigenvalue weighted by Gasteiger charge is -2.32. The van der Waals surface area contributed by atoms with Gasteiger partial charge in [-0.3, -0.25) is 9.59 Å². The van der Waals surface area contributed by atoms with E-state index in [9.17, 15) is 18.4 Å². The van der Waals surface area contributed by atoms with Crippen molar-refractivity contribution in [1.82, 2.24) is 10.2 Å². The van der Waals surface area contributed by atoms with Gasteiger partial charge in [0.1, 0.15) is 17.7 Å². The van der Waals surface area contributed by atoms with Gasteiger partial charge in [0.25, 0.3) is 0 Å². The van der Waals surface area contributed by atoms with Crippen LogP contribution in [0.15, 0.2) is 78.9 Å². The predicted octanol–water partition coefficient (Wildman–Crippen LogP) is 5.61. The van der Waals surface area contributed by atoms with Crippen molar-refractivity contribution in [3.05, 3.63) is 107 Å². The molecule has 190 valence electrons. The molecule has 0 aliphatic rings. The minimum absolute atomic E-state index is 0.0816. The molecule has 3 aromatic carbocycles. The Bertz CT molecular complexity index is 1120. The summed E-state index contributed by atoms with van der Waals surface area (Å²) >= 11 is 1.30. The molecule has 0 fully saturated rings. The maximum Gasteiger partial charge on any atom is 0.243 e. The fourth-order valence-corrected chi connectivity index (χ4v) is 4.61. The van der Waals surface area contributed by atoms with E-state index in [-0.39, 0.29) is 41.7 Å². The monoisotopic (exact) mass is 510 g/mol. The minimum Gasteiger partial charge on any atom is -0.354 e.